The molecule has 0 fully saturated rings. The third-order valence-electron chi connectivity index (χ3n) is 5.56. The van der Waals surface area contributed by atoms with E-state index in [0.717, 1.165) is 23.1 Å². The first kappa shape index (κ1) is 27.1. The Morgan fingerprint density at radius 3 is 2.11 bits per heavy atom. The standard InChI is InChI=1S/C28H30Cl2N2O2S/c1-2-16-31-28(34)26(17-21-10-4-3-5-11-21)32(18-22-12-6-8-14-24(22)29)27(33)20-35-19-23-13-7-9-15-25(23)30/h3-15,26H,2,16-20H2,1H3,(H,31,34)/t26-/m0/s1. The fourth-order valence-electron chi connectivity index (χ4n) is 3.68. The van der Waals surface area contributed by atoms with Gasteiger partial charge < -0.3 is 10.2 Å². The van der Waals surface area contributed by atoms with Crippen molar-refractivity contribution in [2.45, 2.75) is 38.1 Å². The van der Waals surface area contributed by atoms with Crippen LogP contribution in [-0.4, -0.2) is 35.1 Å². The van der Waals surface area contributed by atoms with Gasteiger partial charge >= 0.3 is 0 Å². The van der Waals surface area contributed by atoms with Crippen molar-refractivity contribution in [3.8, 4) is 0 Å². The summed E-state index contributed by atoms with van der Waals surface area (Å²) in [5, 5.41) is 4.24. The minimum absolute atomic E-state index is 0.116. The van der Waals surface area contributed by atoms with Crippen molar-refractivity contribution in [3.63, 3.8) is 0 Å². The maximum Gasteiger partial charge on any atom is 0.243 e. The van der Waals surface area contributed by atoms with Gasteiger partial charge in [-0.15, -0.1) is 11.8 Å². The van der Waals surface area contributed by atoms with Crippen molar-refractivity contribution in [2.24, 2.45) is 0 Å². The van der Waals surface area contributed by atoms with Gasteiger partial charge in [-0.1, -0.05) is 96.9 Å². The molecule has 2 amide bonds. The Morgan fingerprint density at radius 2 is 1.49 bits per heavy atom. The molecule has 0 unspecified atom stereocenters. The Morgan fingerprint density at radius 1 is 0.886 bits per heavy atom. The minimum atomic E-state index is -0.659. The summed E-state index contributed by atoms with van der Waals surface area (Å²) in [4.78, 5) is 28.6. The van der Waals surface area contributed by atoms with E-state index in [1.807, 2.05) is 79.7 Å². The first-order chi connectivity index (χ1) is 17.0. The highest BCUT2D eigenvalue weighted by Gasteiger charge is 2.30. The third-order valence-corrected chi connectivity index (χ3v) is 7.26. The van der Waals surface area contributed by atoms with Crippen molar-refractivity contribution in [1.29, 1.82) is 0 Å². The summed E-state index contributed by atoms with van der Waals surface area (Å²) in [5.41, 5.74) is 2.77. The number of hydrogen-bond donors (Lipinski definition) is 1. The molecule has 7 heteroatoms. The zero-order valence-electron chi connectivity index (χ0n) is 19.8. The second-order valence-electron chi connectivity index (χ2n) is 8.19. The van der Waals surface area contributed by atoms with E-state index in [2.05, 4.69) is 5.32 Å². The molecule has 3 rings (SSSR count). The van der Waals surface area contributed by atoms with Crippen molar-refractivity contribution >= 4 is 46.8 Å². The van der Waals surface area contributed by atoms with Gasteiger partial charge in [0.1, 0.15) is 6.04 Å². The zero-order chi connectivity index (χ0) is 25.0. The molecule has 0 aliphatic rings. The number of amides is 2. The second kappa shape index (κ2) is 14.2. The SMILES string of the molecule is CCCNC(=O)[C@H](Cc1ccccc1)N(Cc1ccccc1Cl)C(=O)CSCc1ccccc1Cl. The molecule has 3 aromatic carbocycles. The molecule has 1 N–H and O–H groups in total. The molecule has 0 radical (unpaired) electrons. The Hall–Kier alpha value is -2.47. The largest absolute Gasteiger partial charge is 0.354 e. The van der Waals surface area contributed by atoms with Crippen LogP contribution in [0.4, 0.5) is 0 Å². The summed E-state index contributed by atoms with van der Waals surface area (Å²) in [6, 6.07) is 24.2. The number of carbonyl (C=O) groups is 2. The lowest BCUT2D eigenvalue weighted by Gasteiger charge is -2.32. The van der Waals surface area contributed by atoms with Crippen LogP contribution in [0.1, 0.15) is 30.0 Å². The van der Waals surface area contributed by atoms with Crippen LogP contribution in [0.15, 0.2) is 78.9 Å². The maximum absolute atomic E-state index is 13.6. The number of rotatable bonds is 12. The number of nitrogens with zero attached hydrogens (tertiary/aromatic N) is 1. The summed E-state index contributed by atoms with van der Waals surface area (Å²) in [6.45, 7) is 2.81. The predicted octanol–water partition coefficient (Wildman–Crippen LogP) is 6.39. The molecule has 184 valence electrons. The van der Waals surface area contributed by atoms with Gasteiger partial charge in [0.15, 0.2) is 0 Å². The monoisotopic (exact) mass is 528 g/mol. The molecule has 35 heavy (non-hydrogen) atoms. The Labute approximate surface area is 222 Å². The average Bonchev–Trinajstić information content (AvgIpc) is 2.87. The van der Waals surface area contributed by atoms with Crippen LogP contribution < -0.4 is 5.32 Å². The van der Waals surface area contributed by atoms with Crippen LogP contribution in [0.3, 0.4) is 0 Å². The van der Waals surface area contributed by atoms with Gasteiger partial charge in [0, 0.05) is 35.3 Å². The summed E-state index contributed by atoms with van der Waals surface area (Å²) in [7, 11) is 0. The first-order valence-electron chi connectivity index (χ1n) is 11.6. The van der Waals surface area contributed by atoms with Crippen LogP contribution in [-0.2, 0) is 28.3 Å². The second-order valence-corrected chi connectivity index (χ2v) is 9.99. The number of carbonyl (C=O) groups excluding carboxylic acids is 2. The quantitative estimate of drug-likeness (QED) is 0.296. The molecule has 4 nitrogen and oxygen atoms in total. The molecule has 0 aromatic heterocycles. The van der Waals surface area contributed by atoms with E-state index in [1.54, 1.807) is 11.0 Å². The van der Waals surface area contributed by atoms with E-state index in [0.29, 0.717) is 28.8 Å². The number of halogens is 2. The highest BCUT2D eigenvalue weighted by molar-refractivity contribution is 7.99. The molecular formula is C28H30Cl2N2O2S. The van der Waals surface area contributed by atoms with Crippen LogP contribution >= 0.6 is 35.0 Å². The van der Waals surface area contributed by atoms with E-state index in [4.69, 9.17) is 23.2 Å². The highest BCUT2D eigenvalue weighted by Crippen LogP contribution is 2.24. The summed E-state index contributed by atoms with van der Waals surface area (Å²) in [5.74, 6) is 0.556. The molecule has 0 saturated heterocycles. The lowest BCUT2D eigenvalue weighted by Crippen LogP contribution is -2.51. The number of hydrogen-bond acceptors (Lipinski definition) is 3. The zero-order valence-corrected chi connectivity index (χ0v) is 22.1. The summed E-state index contributed by atoms with van der Waals surface area (Å²) < 4.78 is 0. The van der Waals surface area contributed by atoms with E-state index in [-0.39, 0.29) is 24.1 Å². The molecule has 3 aromatic rings. The van der Waals surface area contributed by atoms with Gasteiger partial charge in [0.2, 0.25) is 11.8 Å². The molecule has 0 aliphatic heterocycles. The molecule has 0 saturated carbocycles. The van der Waals surface area contributed by atoms with E-state index < -0.39 is 6.04 Å². The highest BCUT2D eigenvalue weighted by atomic mass is 35.5. The first-order valence-corrected chi connectivity index (χ1v) is 13.6. The fraction of sp³-hybridized carbons (Fsp3) is 0.286. The Bertz CT molecular complexity index is 1110. The third kappa shape index (κ3) is 8.31. The van der Waals surface area contributed by atoms with E-state index >= 15 is 0 Å². The van der Waals surface area contributed by atoms with Crippen LogP contribution in [0.2, 0.25) is 10.0 Å². The molecule has 0 bridgehead atoms. The van der Waals surface area contributed by atoms with E-state index in [1.165, 1.54) is 11.8 Å². The smallest absolute Gasteiger partial charge is 0.243 e. The van der Waals surface area contributed by atoms with Gasteiger partial charge in [-0.3, -0.25) is 9.59 Å². The van der Waals surface area contributed by atoms with E-state index in [9.17, 15) is 9.59 Å². The normalized spacial score (nSPS) is 11.6. The van der Waals surface area contributed by atoms with Crippen LogP contribution in [0.25, 0.3) is 0 Å². The Kier molecular flexibility index (Phi) is 11.0. The number of benzene rings is 3. The number of nitrogens with one attached hydrogen (secondary N) is 1. The molecule has 1 atom stereocenters. The fourth-order valence-corrected chi connectivity index (χ4v) is 5.07. The van der Waals surface area contributed by atoms with Crippen LogP contribution in [0.5, 0.6) is 0 Å². The lowest BCUT2D eigenvalue weighted by molar-refractivity contribution is -0.139. The summed E-state index contributed by atoms with van der Waals surface area (Å²) >= 11 is 14.2. The van der Waals surface area contributed by atoms with Gasteiger partial charge in [0.25, 0.3) is 0 Å². The van der Waals surface area contributed by atoms with Gasteiger partial charge in [-0.05, 0) is 35.2 Å². The average molecular weight is 530 g/mol. The van der Waals surface area contributed by atoms with Crippen molar-refractivity contribution in [3.05, 3.63) is 106 Å². The van der Waals surface area contributed by atoms with Crippen molar-refractivity contribution in [2.75, 3.05) is 12.3 Å². The van der Waals surface area contributed by atoms with Crippen molar-refractivity contribution < 1.29 is 9.59 Å². The van der Waals surface area contributed by atoms with Crippen molar-refractivity contribution in [1.82, 2.24) is 10.2 Å². The molecule has 0 heterocycles. The molecule has 0 spiro atoms. The van der Waals surface area contributed by atoms with Crippen LogP contribution in [0, 0.1) is 0 Å². The van der Waals surface area contributed by atoms with Gasteiger partial charge in [-0.2, -0.15) is 0 Å². The predicted molar refractivity (Wildman–Crippen MR) is 147 cm³/mol. The Balaban J connectivity index is 1.85. The molecule has 0 aliphatic carbocycles. The summed E-state index contributed by atoms with van der Waals surface area (Å²) in [6.07, 6.45) is 1.23. The van der Waals surface area contributed by atoms with Gasteiger partial charge in [0.05, 0.1) is 5.75 Å². The minimum Gasteiger partial charge on any atom is -0.354 e. The topological polar surface area (TPSA) is 49.4 Å². The molecular weight excluding hydrogens is 499 g/mol. The lowest BCUT2D eigenvalue weighted by atomic mass is 10.0. The maximum atomic E-state index is 13.6. The number of thioether (sulfide) groups is 1. The van der Waals surface area contributed by atoms with Gasteiger partial charge in [-0.25, -0.2) is 0 Å².